The second-order valence-electron chi connectivity index (χ2n) is 7.35. The molecule has 1 heterocycles. The van der Waals surface area contributed by atoms with Crippen molar-refractivity contribution in [3.05, 3.63) is 77.5 Å². The van der Waals surface area contributed by atoms with Crippen LogP contribution in [0.3, 0.4) is 0 Å². The minimum atomic E-state index is -0.328. The molecule has 31 heavy (non-hydrogen) atoms. The van der Waals surface area contributed by atoms with E-state index in [1.54, 1.807) is 43.4 Å². The lowest BCUT2D eigenvalue weighted by molar-refractivity contribution is 0.0692. The van der Waals surface area contributed by atoms with Crippen molar-refractivity contribution >= 4 is 5.91 Å². The number of rotatable bonds is 9. The van der Waals surface area contributed by atoms with Crippen molar-refractivity contribution in [2.45, 2.75) is 32.0 Å². The maximum absolute atomic E-state index is 13.2. The number of nitrogens with zero attached hydrogens (tertiary/aromatic N) is 1. The van der Waals surface area contributed by atoms with E-state index in [0.29, 0.717) is 29.6 Å². The lowest BCUT2D eigenvalue weighted by Crippen LogP contribution is -2.32. The summed E-state index contributed by atoms with van der Waals surface area (Å²) in [5, 5.41) is 0. The number of amides is 1. The van der Waals surface area contributed by atoms with Crippen molar-refractivity contribution in [2.24, 2.45) is 0 Å². The van der Waals surface area contributed by atoms with Crippen molar-refractivity contribution in [2.75, 3.05) is 14.2 Å². The van der Waals surface area contributed by atoms with Gasteiger partial charge in [-0.05, 0) is 67.4 Å². The highest BCUT2D eigenvalue weighted by Crippen LogP contribution is 2.33. The summed E-state index contributed by atoms with van der Waals surface area (Å²) in [6.07, 6.45) is 1.92. The summed E-state index contributed by atoms with van der Waals surface area (Å²) in [5.41, 5.74) is 0.869. The zero-order valence-electron chi connectivity index (χ0n) is 17.5. The fourth-order valence-corrected chi connectivity index (χ4v) is 3.34. The molecule has 0 bridgehead atoms. The Morgan fingerprint density at radius 3 is 2.45 bits per heavy atom. The average Bonchev–Trinajstić information content (AvgIpc) is 3.53. The van der Waals surface area contributed by atoms with E-state index in [1.165, 1.54) is 12.1 Å². The van der Waals surface area contributed by atoms with Gasteiger partial charge in [-0.2, -0.15) is 0 Å². The van der Waals surface area contributed by atoms with Crippen LogP contribution >= 0.6 is 0 Å². The number of ether oxygens (including phenoxy) is 3. The van der Waals surface area contributed by atoms with Crippen LogP contribution in [0.15, 0.2) is 59.0 Å². The Labute approximate surface area is 180 Å². The Morgan fingerprint density at radius 2 is 1.77 bits per heavy atom. The van der Waals surface area contributed by atoms with Gasteiger partial charge in [0.25, 0.3) is 5.91 Å². The molecule has 1 aromatic heterocycles. The first-order chi connectivity index (χ1) is 15.1. The number of methoxy groups -OCH3 is 2. The summed E-state index contributed by atoms with van der Waals surface area (Å²) in [6.45, 7) is 0.540. The molecular weight excluding hydrogens is 401 g/mol. The summed E-state index contributed by atoms with van der Waals surface area (Å²) < 4.78 is 35.1. The van der Waals surface area contributed by atoms with E-state index in [1.807, 2.05) is 18.2 Å². The standard InChI is InChI=1S/C24H24FNO5/c1-28-20-9-11-22(29-2)16(13-20)14-26(18-5-6-18)24(27)23-12-10-21(31-23)15-30-19-7-3-17(25)4-8-19/h3-4,7-13,18H,5-6,14-15H2,1-2H3. The third-order valence-corrected chi connectivity index (χ3v) is 5.14. The van der Waals surface area contributed by atoms with Crippen molar-refractivity contribution in [3.8, 4) is 17.2 Å². The molecule has 1 saturated carbocycles. The molecule has 0 spiro atoms. The second-order valence-corrected chi connectivity index (χ2v) is 7.35. The van der Waals surface area contributed by atoms with E-state index in [4.69, 9.17) is 18.6 Å². The molecule has 2 aromatic carbocycles. The van der Waals surface area contributed by atoms with Crippen LogP contribution in [0, 0.1) is 5.82 Å². The summed E-state index contributed by atoms with van der Waals surface area (Å²) in [7, 11) is 3.21. The molecule has 0 radical (unpaired) electrons. The number of furan rings is 1. The van der Waals surface area contributed by atoms with Gasteiger partial charge in [0.2, 0.25) is 0 Å². The first kappa shape index (κ1) is 20.8. The van der Waals surface area contributed by atoms with Gasteiger partial charge in [0.05, 0.1) is 20.8 Å². The number of hydrogen-bond donors (Lipinski definition) is 0. The Bertz CT molecular complexity index is 1040. The minimum absolute atomic E-state index is 0.145. The van der Waals surface area contributed by atoms with Gasteiger partial charge in [-0.25, -0.2) is 4.39 Å². The predicted molar refractivity (Wildman–Crippen MR) is 112 cm³/mol. The number of carbonyl (C=O) groups excluding carboxylic acids is 1. The molecule has 1 aliphatic rings. The molecule has 1 fully saturated rings. The molecule has 7 heteroatoms. The van der Waals surface area contributed by atoms with Crippen LogP contribution in [0.2, 0.25) is 0 Å². The molecule has 1 amide bonds. The molecule has 3 aromatic rings. The zero-order chi connectivity index (χ0) is 21.8. The number of halogens is 1. The Kier molecular flexibility index (Phi) is 6.11. The fraction of sp³-hybridized carbons (Fsp3) is 0.292. The Morgan fingerprint density at radius 1 is 1.03 bits per heavy atom. The molecule has 0 N–H and O–H groups in total. The van der Waals surface area contributed by atoms with Crippen LogP contribution < -0.4 is 14.2 Å². The lowest BCUT2D eigenvalue weighted by atomic mass is 10.1. The maximum atomic E-state index is 13.2. The van der Waals surface area contributed by atoms with Crippen LogP contribution in [0.25, 0.3) is 0 Å². The first-order valence-corrected chi connectivity index (χ1v) is 10.1. The summed E-state index contributed by atoms with van der Waals surface area (Å²) in [4.78, 5) is 15.0. The van der Waals surface area contributed by atoms with Gasteiger partial charge in [0, 0.05) is 11.6 Å². The predicted octanol–water partition coefficient (Wildman–Crippen LogP) is 4.82. The largest absolute Gasteiger partial charge is 0.497 e. The third-order valence-electron chi connectivity index (χ3n) is 5.14. The molecule has 0 unspecified atom stereocenters. The maximum Gasteiger partial charge on any atom is 0.290 e. The van der Waals surface area contributed by atoms with Crippen molar-refractivity contribution in [3.63, 3.8) is 0 Å². The fourth-order valence-electron chi connectivity index (χ4n) is 3.34. The molecular formula is C24H24FNO5. The van der Waals surface area contributed by atoms with Crippen LogP contribution in [0.1, 0.15) is 34.7 Å². The third kappa shape index (κ3) is 4.99. The molecule has 0 atom stereocenters. The number of hydrogen-bond acceptors (Lipinski definition) is 5. The molecule has 162 valence electrons. The highest BCUT2D eigenvalue weighted by atomic mass is 19.1. The quantitative estimate of drug-likeness (QED) is 0.492. The topological polar surface area (TPSA) is 61.1 Å². The number of carbonyl (C=O) groups is 1. The minimum Gasteiger partial charge on any atom is -0.497 e. The summed E-state index contributed by atoms with van der Waals surface area (Å²) in [6, 6.07) is 14.8. The number of benzene rings is 2. The van der Waals surface area contributed by atoms with E-state index >= 15 is 0 Å². The molecule has 0 aliphatic heterocycles. The Balaban J connectivity index is 1.46. The molecule has 1 aliphatic carbocycles. The zero-order valence-corrected chi connectivity index (χ0v) is 17.5. The van der Waals surface area contributed by atoms with E-state index in [0.717, 1.165) is 18.4 Å². The van der Waals surface area contributed by atoms with Crippen LogP contribution in [0.4, 0.5) is 4.39 Å². The SMILES string of the molecule is COc1ccc(OC)c(CN(C(=O)c2ccc(COc3ccc(F)cc3)o2)C2CC2)c1. The molecule has 6 nitrogen and oxygen atoms in total. The van der Waals surface area contributed by atoms with Gasteiger partial charge in [-0.3, -0.25) is 4.79 Å². The Hall–Kier alpha value is -3.48. The van der Waals surface area contributed by atoms with Crippen LogP contribution in [-0.2, 0) is 13.2 Å². The van der Waals surface area contributed by atoms with Gasteiger partial charge in [0.15, 0.2) is 5.76 Å². The van der Waals surface area contributed by atoms with E-state index in [-0.39, 0.29) is 30.1 Å². The summed E-state index contributed by atoms with van der Waals surface area (Å²) in [5.74, 6) is 2.19. The van der Waals surface area contributed by atoms with Gasteiger partial charge in [-0.15, -0.1) is 0 Å². The van der Waals surface area contributed by atoms with Gasteiger partial charge in [0.1, 0.15) is 35.4 Å². The normalized spacial score (nSPS) is 13.0. The highest BCUT2D eigenvalue weighted by molar-refractivity contribution is 5.92. The van der Waals surface area contributed by atoms with Crippen molar-refractivity contribution < 1.29 is 27.8 Å². The monoisotopic (exact) mass is 425 g/mol. The van der Waals surface area contributed by atoms with E-state index in [2.05, 4.69) is 0 Å². The van der Waals surface area contributed by atoms with E-state index in [9.17, 15) is 9.18 Å². The highest BCUT2D eigenvalue weighted by Gasteiger charge is 2.35. The van der Waals surface area contributed by atoms with Crippen molar-refractivity contribution in [1.82, 2.24) is 4.90 Å². The van der Waals surface area contributed by atoms with Gasteiger partial charge in [-0.1, -0.05) is 0 Å². The van der Waals surface area contributed by atoms with Crippen molar-refractivity contribution in [1.29, 1.82) is 0 Å². The second kappa shape index (κ2) is 9.12. The van der Waals surface area contributed by atoms with E-state index < -0.39 is 0 Å². The molecule has 0 saturated heterocycles. The van der Waals surface area contributed by atoms with Gasteiger partial charge < -0.3 is 23.5 Å². The average molecular weight is 425 g/mol. The summed E-state index contributed by atoms with van der Waals surface area (Å²) >= 11 is 0. The first-order valence-electron chi connectivity index (χ1n) is 10.1. The van der Waals surface area contributed by atoms with Gasteiger partial charge >= 0.3 is 0 Å². The molecule has 4 rings (SSSR count). The lowest BCUT2D eigenvalue weighted by Gasteiger charge is -2.23. The van der Waals surface area contributed by atoms with Crippen LogP contribution in [-0.4, -0.2) is 31.1 Å². The van der Waals surface area contributed by atoms with Crippen LogP contribution in [0.5, 0.6) is 17.2 Å². The smallest absolute Gasteiger partial charge is 0.290 e.